The van der Waals surface area contributed by atoms with E-state index in [1.165, 1.54) is 36.6 Å². The molecule has 2 aliphatic rings. The zero-order valence-corrected chi connectivity index (χ0v) is 17.9. The standard InChI is InChI=1S/C24H30FNO2S/c1-17-12-20(17)16-29-11-9-18-8-10-27-14-21(18)15-28-23-5-2-19(3-6-23)24-7-4-22(25)13-26-24/h2-7,13,17-18,20-21H,8-12,14-16H2,1H3/t17?,18?,20?,21-/m1/s1. The highest BCUT2D eigenvalue weighted by Crippen LogP contribution is 2.40. The molecule has 5 heteroatoms. The van der Waals surface area contributed by atoms with E-state index in [0.717, 1.165) is 48.5 Å². The minimum absolute atomic E-state index is 0.321. The highest BCUT2D eigenvalue weighted by Gasteiger charge is 2.32. The molecule has 1 aliphatic heterocycles. The van der Waals surface area contributed by atoms with Gasteiger partial charge in [-0.3, -0.25) is 4.98 Å². The van der Waals surface area contributed by atoms with E-state index in [2.05, 4.69) is 23.7 Å². The van der Waals surface area contributed by atoms with E-state index in [1.54, 1.807) is 6.07 Å². The summed E-state index contributed by atoms with van der Waals surface area (Å²) in [5.41, 5.74) is 1.72. The number of nitrogens with zero attached hydrogens (tertiary/aromatic N) is 1. The van der Waals surface area contributed by atoms with Gasteiger partial charge in [0.15, 0.2) is 0 Å². The van der Waals surface area contributed by atoms with Crippen molar-refractivity contribution in [3.8, 4) is 17.0 Å². The van der Waals surface area contributed by atoms with Gasteiger partial charge < -0.3 is 9.47 Å². The van der Waals surface area contributed by atoms with Gasteiger partial charge in [-0.05, 0) is 84.9 Å². The summed E-state index contributed by atoms with van der Waals surface area (Å²) in [4.78, 5) is 4.13. The predicted molar refractivity (Wildman–Crippen MR) is 117 cm³/mol. The van der Waals surface area contributed by atoms with Gasteiger partial charge in [0.05, 0.1) is 25.1 Å². The summed E-state index contributed by atoms with van der Waals surface area (Å²) < 4.78 is 24.8. The van der Waals surface area contributed by atoms with E-state index < -0.39 is 0 Å². The Morgan fingerprint density at radius 1 is 1.14 bits per heavy atom. The quantitative estimate of drug-likeness (QED) is 0.492. The summed E-state index contributed by atoms with van der Waals surface area (Å²) in [7, 11) is 0. The first-order valence-electron chi connectivity index (χ1n) is 10.7. The Balaban J connectivity index is 1.24. The van der Waals surface area contributed by atoms with Crippen molar-refractivity contribution in [2.45, 2.75) is 26.2 Å². The van der Waals surface area contributed by atoms with Gasteiger partial charge >= 0.3 is 0 Å². The van der Waals surface area contributed by atoms with Gasteiger partial charge in [-0.15, -0.1) is 0 Å². The van der Waals surface area contributed by atoms with Crippen molar-refractivity contribution in [1.82, 2.24) is 4.98 Å². The first kappa shape index (κ1) is 20.7. The summed E-state index contributed by atoms with van der Waals surface area (Å²) in [5, 5.41) is 0. The summed E-state index contributed by atoms with van der Waals surface area (Å²) in [6.45, 7) is 4.74. The molecule has 0 amide bonds. The molecule has 1 aromatic heterocycles. The second-order valence-corrected chi connectivity index (χ2v) is 9.57. The molecule has 1 saturated carbocycles. The minimum Gasteiger partial charge on any atom is -0.493 e. The minimum atomic E-state index is -0.321. The number of rotatable bonds is 9. The van der Waals surface area contributed by atoms with Crippen LogP contribution in [0, 0.1) is 29.5 Å². The lowest BCUT2D eigenvalue weighted by atomic mass is 9.87. The third-order valence-electron chi connectivity index (χ3n) is 6.21. The number of aromatic nitrogens is 1. The lowest BCUT2D eigenvalue weighted by molar-refractivity contribution is -0.00304. The van der Waals surface area contributed by atoms with Gasteiger partial charge in [0, 0.05) is 18.1 Å². The molecule has 156 valence electrons. The van der Waals surface area contributed by atoms with Crippen LogP contribution in [0.1, 0.15) is 26.2 Å². The van der Waals surface area contributed by atoms with Crippen LogP contribution in [-0.2, 0) is 4.74 Å². The van der Waals surface area contributed by atoms with Crippen LogP contribution >= 0.6 is 11.8 Å². The molecule has 3 nitrogen and oxygen atoms in total. The molecule has 1 saturated heterocycles. The monoisotopic (exact) mass is 415 g/mol. The van der Waals surface area contributed by atoms with Crippen molar-refractivity contribution in [2.75, 3.05) is 31.3 Å². The summed E-state index contributed by atoms with van der Waals surface area (Å²) in [6, 6.07) is 11.0. The highest BCUT2D eigenvalue weighted by molar-refractivity contribution is 7.99. The largest absolute Gasteiger partial charge is 0.493 e. The third-order valence-corrected chi connectivity index (χ3v) is 7.40. The zero-order valence-electron chi connectivity index (χ0n) is 17.1. The van der Waals surface area contributed by atoms with Gasteiger partial charge in [0.1, 0.15) is 11.6 Å². The maximum Gasteiger partial charge on any atom is 0.141 e. The van der Waals surface area contributed by atoms with Crippen molar-refractivity contribution in [1.29, 1.82) is 0 Å². The van der Waals surface area contributed by atoms with Crippen LogP contribution in [0.15, 0.2) is 42.6 Å². The maximum absolute atomic E-state index is 13.0. The molecular formula is C24H30FNO2S. The molecule has 2 aromatic rings. The molecule has 2 heterocycles. The normalized spacial score (nSPS) is 26.3. The van der Waals surface area contributed by atoms with Gasteiger partial charge in [-0.1, -0.05) is 6.92 Å². The van der Waals surface area contributed by atoms with Crippen LogP contribution < -0.4 is 4.74 Å². The van der Waals surface area contributed by atoms with Gasteiger partial charge in [0.25, 0.3) is 0 Å². The molecule has 1 aromatic carbocycles. The van der Waals surface area contributed by atoms with Crippen LogP contribution in [0.25, 0.3) is 11.3 Å². The Morgan fingerprint density at radius 2 is 1.97 bits per heavy atom. The lowest BCUT2D eigenvalue weighted by Crippen LogP contribution is -2.32. The van der Waals surface area contributed by atoms with Crippen molar-refractivity contribution in [2.24, 2.45) is 23.7 Å². The number of thioether (sulfide) groups is 1. The predicted octanol–water partition coefficient (Wildman–Crippen LogP) is 5.70. The van der Waals surface area contributed by atoms with Crippen LogP contribution in [0.3, 0.4) is 0 Å². The Hall–Kier alpha value is -1.59. The van der Waals surface area contributed by atoms with Crippen LogP contribution in [0.5, 0.6) is 5.75 Å². The molecule has 4 atom stereocenters. The number of ether oxygens (including phenoxy) is 2. The topological polar surface area (TPSA) is 31.4 Å². The molecule has 1 aliphatic carbocycles. The van der Waals surface area contributed by atoms with E-state index in [9.17, 15) is 4.39 Å². The smallest absolute Gasteiger partial charge is 0.141 e. The maximum atomic E-state index is 13.0. The van der Waals surface area contributed by atoms with Gasteiger partial charge in [-0.25, -0.2) is 4.39 Å². The highest BCUT2D eigenvalue weighted by atomic mass is 32.2. The first-order chi connectivity index (χ1) is 14.2. The molecule has 2 fully saturated rings. The molecular weight excluding hydrogens is 385 g/mol. The lowest BCUT2D eigenvalue weighted by Gasteiger charge is -2.31. The Kier molecular flexibility index (Phi) is 7.09. The van der Waals surface area contributed by atoms with Crippen LogP contribution in [-0.4, -0.2) is 36.3 Å². The Labute approximate surface area is 177 Å². The van der Waals surface area contributed by atoms with E-state index in [1.807, 2.05) is 24.3 Å². The number of hydrogen-bond donors (Lipinski definition) is 0. The molecule has 3 unspecified atom stereocenters. The van der Waals surface area contributed by atoms with E-state index in [-0.39, 0.29) is 5.82 Å². The second-order valence-electron chi connectivity index (χ2n) is 8.42. The fraction of sp³-hybridized carbons (Fsp3) is 0.542. The molecule has 0 N–H and O–H groups in total. The van der Waals surface area contributed by atoms with Crippen LogP contribution in [0.2, 0.25) is 0 Å². The zero-order chi connectivity index (χ0) is 20.1. The summed E-state index contributed by atoms with van der Waals surface area (Å²) >= 11 is 2.13. The van der Waals surface area contributed by atoms with Gasteiger partial charge in [-0.2, -0.15) is 11.8 Å². The second kappa shape index (κ2) is 9.94. The average molecular weight is 416 g/mol. The number of benzene rings is 1. The van der Waals surface area contributed by atoms with Gasteiger partial charge in [0.2, 0.25) is 0 Å². The summed E-state index contributed by atoms with van der Waals surface area (Å²) in [5.74, 6) is 6.21. The SMILES string of the molecule is CC1CC1CSCCC1CCOC[C@@H]1COc1ccc(-c2ccc(F)cn2)cc1. The first-order valence-corrected chi connectivity index (χ1v) is 11.8. The average Bonchev–Trinajstić information content (AvgIpc) is 3.46. The van der Waals surface area contributed by atoms with Crippen LogP contribution in [0.4, 0.5) is 4.39 Å². The fourth-order valence-electron chi connectivity index (χ4n) is 3.98. The molecule has 4 rings (SSSR count). The van der Waals surface area contributed by atoms with E-state index >= 15 is 0 Å². The number of pyridine rings is 1. The van der Waals surface area contributed by atoms with Crippen molar-refractivity contribution < 1.29 is 13.9 Å². The number of hydrogen-bond acceptors (Lipinski definition) is 4. The van der Waals surface area contributed by atoms with Crippen molar-refractivity contribution >= 4 is 11.8 Å². The van der Waals surface area contributed by atoms with Crippen molar-refractivity contribution in [3.05, 3.63) is 48.4 Å². The fourth-order valence-corrected chi connectivity index (χ4v) is 5.38. The Morgan fingerprint density at radius 3 is 2.69 bits per heavy atom. The summed E-state index contributed by atoms with van der Waals surface area (Å²) in [6.07, 6.45) is 5.07. The molecule has 0 radical (unpaired) electrons. The van der Waals surface area contributed by atoms with Crippen molar-refractivity contribution in [3.63, 3.8) is 0 Å². The van der Waals surface area contributed by atoms with E-state index in [0.29, 0.717) is 18.4 Å². The molecule has 0 spiro atoms. The van der Waals surface area contributed by atoms with E-state index in [4.69, 9.17) is 9.47 Å². The Bertz CT molecular complexity index is 767. The molecule has 0 bridgehead atoms. The number of halogens is 1. The molecule has 29 heavy (non-hydrogen) atoms. The third kappa shape index (κ3) is 5.95.